The van der Waals surface area contributed by atoms with Crippen molar-refractivity contribution in [1.82, 2.24) is 10.2 Å². The van der Waals surface area contributed by atoms with Gasteiger partial charge in [-0.2, -0.15) is 0 Å². The first-order chi connectivity index (χ1) is 18.3. The normalized spacial score (nSPS) is 15.3. The summed E-state index contributed by atoms with van der Waals surface area (Å²) < 4.78 is 0. The molecule has 0 aromatic heterocycles. The van der Waals surface area contributed by atoms with E-state index in [1.807, 2.05) is 0 Å². The summed E-state index contributed by atoms with van der Waals surface area (Å²) in [6.07, 6.45) is 19.3. The maximum Gasteiger partial charge on any atom is 0.217 e. The van der Waals surface area contributed by atoms with Crippen LogP contribution in [-0.4, -0.2) is 58.2 Å². The molecule has 0 aliphatic carbocycles. The Hall–Kier alpha value is -1.17. The molecule has 1 aliphatic rings. The lowest BCUT2D eigenvalue weighted by Crippen LogP contribution is -2.36. The number of hydrogen-bond donors (Lipinski definition) is 2. The Morgan fingerprint density at radius 1 is 0.737 bits per heavy atom. The number of ketones is 1. The molecule has 0 radical (unpaired) electrons. The molecule has 0 saturated carbocycles. The molecule has 1 aliphatic heterocycles. The molecule has 1 fully saturated rings. The second-order valence-corrected chi connectivity index (χ2v) is 12.7. The minimum Gasteiger partial charge on any atom is -0.360 e. The summed E-state index contributed by atoms with van der Waals surface area (Å²) in [5.74, 6) is -0.310. The van der Waals surface area contributed by atoms with Crippen molar-refractivity contribution in [2.24, 2.45) is 0 Å². The highest BCUT2D eigenvalue weighted by molar-refractivity contribution is 7.84. The second-order valence-electron chi connectivity index (χ2n) is 11.1. The zero-order chi connectivity index (χ0) is 28.0. The van der Waals surface area contributed by atoms with Crippen LogP contribution in [0.5, 0.6) is 0 Å². The summed E-state index contributed by atoms with van der Waals surface area (Å²) >= 11 is 0. The number of nitrogens with one attached hydrogen (secondary N) is 1. The molecular formula is C30H55N2O5P. The fourth-order valence-corrected chi connectivity index (χ4v) is 6.20. The molecule has 38 heavy (non-hydrogen) atoms. The minimum absolute atomic E-state index is 0.0131. The molecule has 7 nitrogen and oxygen atoms in total. The summed E-state index contributed by atoms with van der Waals surface area (Å²) in [4.78, 5) is 61.7. The molecule has 0 aromatic carbocycles. The Labute approximate surface area is 233 Å². The monoisotopic (exact) mass is 554 g/mol. The van der Waals surface area contributed by atoms with Crippen LogP contribution in [0.25, 0.3) is 0 Å². The summed E-state index contributed by atoms with van der Waals surface area (Å²) in [7, 11) is -2.39. The minimum atomic E-state index is -2.39. The van der Waals surface area contributed by atoms with Crippen LogP contribution in [0.2, 0.25) is 0 Å². The summed E-state index contributed by atoms with van der Waals surface area (Å²) in [5, 5.41) is 2.67. The highest BCUT2D eigenvalue weighted by Crippen LogP contribution is 2.36. The van der Waals surface area contributed by atoms with Gasteiger partial charge in [0.1, 0.15) is 5.78 Å². The molecule has 2 N–H and O–H groups in total. The first-order valence-electron chi connectivity index (χ1n) is 15.4. The van der Waals surface area contributed by atoms with E-state index in [9.17, 15) is 24.1 Å². The average molecular weight is 555 g/mol. The van der Waals surface area contributed by atoms with Gasteiger partial charge in [-0.25, -0.2) is 0 Å². The maximum atomic E-state index is 12.6. The van der Waals surface area contributed by atoms with Gasteiger partial charge in [0.15, 0.2) is 19.2 Å². The van der Waals surface area contributed by atoms with Crippen molar-refractivity contribution < 1.29 is 24.1 Å². The quantitative estimate of drug-likeness (QED) is 0.0968. The van der Waals surface area contributed by atoms with Crippen LogP contribution in [-0.2, 0) is 19.2 Å². The number of unbranched alkanes of at least 4 members (excludes halogenated alkanes) is 12. The Bertz CT molecular complexity index is 682. The van der Waals surface area contributed by atoms with Crippen molar-refractivity contribution in [3.63, 3.8) is 0 Å². The number of amides is 1. The van der Waals surface area contributed by atoms with E-state index >= 15 is 0 Å². The van der Waals surface area contributed by atoms with Crippen LogP contribution in [0.4, 0.5) is 0 Å². The lowest BCUT2D eigenvalue weighted by Gasteiger charge is -2.18. The Balaban J connectivity index is 2.20. The molecule has 0 bridgehead atoms. The molecule has 1 heterocycles. The van der Waals surface area contributed by atoms with E-state index in [2.05, 4.69) is 17.1 Å². The smallest absolute Gasteiger partial charge is 0.217 e. The Morgan fingerprint density at radius 2 is 1.26 bits per heavy atom. The molecule has 0 aromatic rings. The maximum absolute atomic E-state index is 12.6. The molecule has 1 amide bonds. The molecule has 2 atom stereocenters. The zero-order valence-electron chi connectivity index (χ0n) is 24.3. The van der Waals surface area contributed by atoms with Gasteiger partial charge in [0, 0.05) is 38.6 Å². The Morgan fingerprint density at radius 3 is 1.82 bits per heavy atom. The lowest BCUT2D eigenvalue weighted by molar-refractivity contribution is -0.122. The number of nitrogens with zero attached hydrogens (tertiary/aromatic N) is 1. The van der Waals surface area contributed by atoms with Gasteiger partial charge in [-0.15, -0.1) is 0 Å². The average Bonchev–Trinajstić information content (AvgIpc) is 3.39. The number of Topliss-reactive ketones (excluding diaryl/α,β-unsaturated/α-hetero) is 1. The van der Waals surface area contributed by atoms with E-state index in [-0.39, 0.29) is 31.0 Å². The van der Waals surface area contributed by atoms with Crippen LogP contribution in [0.1, 0.15) is 142 Å². The largest absolute Gasteiger partial charge is 0.360 e. The van der Waals surface area contributed by atoms with Gasteiger partial charge in [0.2, 0.25) is 5.91 Å². The number of rotatable bonds is 25. The van der Waals surface area contributed by atoms with E-state index in [0.29, 0.717) is 12.8 Å². The summed E-state index contributed by atoms with van der Waals surface area (Å²) in [6, 6.07) is -0.662. The van der Waals surface area contributed by atoms with E-state index < -0.39 is 25.2 Å². The Kier molecular flexibility index (Phi) is 20.8. The van der Waals surface area contributed by atoms with Crippen LogP contribution >= 0.6 is 8.15 Å². The van der Waals surface area contributed by atoms with Gasteiger partial charge in [-0.3, -0.25) is 19.2 Å². The zero-order valence-corrected chi connectivity index (χ0v) is 25.2. The van der Waals surface area contributed by atoms with E-state index in [1.165, 1.54) is 77.6 Å². The van der Waals surface area contributed by atoms with Crippen LogP contribution in [0.15, 0.2) is 0 Å². The van der Waals surface area contributed by atoms with E-state index in [4.69, 9.17) is 0 Å². The first-order valence-corrected chi connectivity index (χ1v) is 16.7. The predicted octanol–water partition coefficient (Wildman–Crippen LogP) is 6.64. The molecule has 220 valence electrons. The second kappa shape index (κ2) is 22.6. The third kappa shape index (κ3) is 18.2. The topological polar surface area (TPSA) is 104 Å². The highest BCUT2D eigenvalue weighted by atomic mass is 31.1. The van der Waals surface area contributed by atoms with Crippen LogP contribution in [0.3, 0.4) is 0 Å². The van der Waals surface area contributed by atoms with Crippen molar-refractivity contribution in [3.8, 4) is 0 Å². The SMILES string of the molecule is CCCCCCCCCCCCCCC(=O)CC(CC(=O)P(O)C(=O)CCCCN1CCCC1)NC(C)=O. The summed E-state index contributed by atoms with van der Waals surface area (Å²) in [5.41, 5.74) is -0.961. The number of hydrogen-bond acceptors (Lipinski definition) is 6. The molecule has 1 rings (SSSR count). The van der Waals surface area contributed by atoms with Gasteiger partial charge in [-0.1, -0.05) is 77.6 Å². The van der Waals surface area contributed by atoms with Crippen LogP contribution in [0, 0.1) is 0 Å². The fourth-order valence-electron chi connectivity index (χ4n) is 5.16. The third-order valence-corrected chi connectivity index (χ3v) is 8.75. The highest BCUT2D eigenvalue weighted by Gasteiger charge is 2.28. The molecule has 0 spiro atoms. The lowest BCUT2D eigenvalue weighted by atomic mass is 10.0. The van der Waals surface area contributed by atoms with Gasteiger partial charge < -0.3 is 15.1 Å². The van der Waals surface area contributed by atoms with Crippen molar-refractivity contribution in [3.05, 3.63) is 0 Å². The van der Waals surface area contributed by atoms with E-state index in [1.54, 1.807) is 0 Å². The fraction of sp³-hybridized carbons (Fsp3) is 0.867. The molecular weight excluding hydrogens is 499 g/mol. The summed E-state index contributed by atoms with van der Waals surface area (Å²) in [6.45, 7) is 6.77. The van der Waals surface area contributed by atoms with Gasteiger partial charge in [0.05, 0.1) is 0 Å². The van der Waals surface area contributed by atoms with Gasteiger partial charge in [-0.05, 0) is 51.7 Å². The van der Waals surface area contributed by atoms with E-state index in [0.717, 1.165) is 45.3 Å². The van der Waals surface area contributed by atoms with Crippen molar-refractivity contribution in [1.29, 1.82) is 0 Å². The number of carbonyl (C=O) groups excluding carboxylic acids is 4. The molecule has 2 unspecified atom stereocenters. The molecule has 8 heteroatoms. The van der Waals surface area contributed by atoms with Crippen molar-refractivity contribution in [2.45, 2.75) is 148 Å². The van der Waals surface area contributed by atoms with Crippen LogP contribution < -0.4 is 5.32 Å². The van der Waals surface area contributed by atoms with Crippen molar-refractivity contribution in [2.75, 3.05) is 19.6 Å². The number of likely N-dealkylation sites (tertiary alicyclic amines) is 1. The van der Waals surface area contributed by atoms with Crippen molar-refractivity contribution >= 4 is 30.9 Å². The first kappa shape index (κ1) is 34.9. The van der Waals surface area contributed by atoms with Gasteiger partial charge in [0.25, 0.3) is 0 Å². The molecule has 1 saturated heterocycles. The predicted molar refractivity (Wildman–Crippen MR) is 156 cm³/mol. The number of carbonyl (C=O) groups is 4. The standard InChI is InChI=1S/C30H55N2O5P/c1-3-4-5-6-7-8-9-10-11-12-13-14-19-28(34)24-27(31-26(2)33)25-30(36)38(37)29(35)20-15-16-21-32-22-17-18-23-32/h27,37H,3-25H2,1-2H3,(H,31,33). The van der Waals surface area contributed by atoms with Gasteiger partial charge >= 0.3 is 0 Å². The third-order valence-electron chi connectivity index (χ3n) is 7.40.